The lowest BCUT2D eigenvalue weighted by molar-refractivity contribution is -0.137. The van der Waals surface area contributed by atoms with E-state index >= 15 is 0 Å². The molecule has 0 bridgehead atoms. The van der Waals surface area contributed by atoms with E-state index in [1.165, 1.54) is 12.1 Å². The molecule has 4 N–H and O–H groups in total. The van der Waals surface area contributed by atoms with Crippen LogP contribution in [0.2, 0.25) is 0 Å². The minimum absolute atomic E-state index is 0.114. The summed E-state index contributed by atoms with van der Waals surface area (Å²) >= 11 is 1.58. The number of anilines is 1. The summed E-state index contributed by atoms with van der Waals surface area (Å²) in [5.41, 5.74) is 6.67. The third kappa shape index (κ3) is 7.47. The number of nitrogens with two attached hydrogens (primary N) is 1. The number of nitrogens with zero attached hydrogens (tertiary/aromatic N) is 2. The van der Waals surface area contributed by atoms with Gasteiger partial charge in [-0.1, -0.05) is 41.2 Å². The Labute approximate surface area is 194 Å². The first-order chi connectivity index (χ1) is 15.6. The topological polar surface area (TPSA) is 88.7 Å². The number of H-pyrrole nitrogens is 1. The Morgan fingerprint density at radius 2 is 1.97 bits per heavy atom. The quantitative estimate of drug-likeness (QED) is 0.524. The van der Waals surface area contributed by atoms with Crippen molar-refractivity contribution >= 4 is 34.2 Å². The van der Waals surface area contributed by atoms with Gasteiger partial charge in [0.1, 0.15) is 0 Å². The molecule has 0 spiro atoms. The maximum atomic E-state index is 11.9. The van der Waals surface area contributed by atoms with Crippen molar-refractivity contribution in [1.29, 1.82) is 0 Å². The molecule has 33 heavy (non-hydrogen) atoms. The van der Waals surface area contributed by atoms with E-state index in [-0.39, 0.29) is 5.69 Å². The van der Waals surface area contributed by atoms with Crippen LogP contribution in [0.3, 0.4) is 0 Å². The summed E-state index contributed by atoms with van der Waals surface area (Å²) in [6.07, 6.45) is 3.43. The largest absolute Gasteiger partial charge is 0.416 e. The van der Waals surface area contributed by atoms with Crippen molar-refractivity contribution in [1.82, 2.24) is 14.5 Å². The average Bonchev–Trinajstić information content (AvgIpc) is 3.35. The van der Waals surface area contributed by atoms with Gasteiger partial charge in [0.05, 0.1) is 21.1 Å². The van der Waals surface area contributed by atoms with Gasteiger partial charge < -0.3 is 16.0 Å². The molecule has 0 aliphatic rings. The van der Waals surface area contributed by atoms with Gasteiger partial charge in [0.15, 0.2) is 5.13 Å². The van der Waals surface area contributed by atoms with Crippen LogP contribution >= 0.6 is 11.3 Å². The van der Waals surface area contributed by atoms with Gasteiger partial charge in [-0.25, -0.2) is 9.78 Å². The number of alkyl halides is 3. The highest BCUT2D eigenvalue weighted by Crippen LogP contribution is 2.28. The third-order valence-corrected chi connectivity index (χ3v) is 5.74. The Morgan fingerprint density at radius 3 is 2.55 bits per heavy atom. The second-order valence-electron chi connectivity index (χ2n) is 7.20. The van der Waals surface area contributed by atoms with Gasteiger partial charge in [0.2, 0.25) is 0 Å². The summed E-state index contributed by atoms with van der Waals surface area (Å²) < 4.78 is 37.4. The monoisotopic (exact) mass is 479 g/mol. The van der Waals surface area contributed by atoms with Crippen LogP contribution in [0.25, 0.3) is 17.7 Å². The fourth-order valence-electron chi connectivity index (χ4n) is 2.78. The summed E-state index contributed by atoms with van der Waals surface area (Å²) in [4.78, 5) is 19.9. The summed E-state index contributed by atoms with van der Waals surface area (Å²) in [6.45, 7) is 6.97. The molecule has 10 heteroatoms. The van der Waals surface area contributed by atoms with Gasteiger partial charge in [-0.05, 0) is 44.6 Å². The number of aromatic amines is 1. The lowest BCUT2D eigenvalue weighted by Gasteiger charge is -2.05. The highest BCUT2D eigenvalue weighted by molar-refractivity contribution is 7.16. The van der Waals surface area contributed by atoms with E-state index in [9.17, 15) is 18.0 Å². The summed E-state index contributed by atoms with van der Waals surface area (Å²) in [6, 6.07) is 5.05. The smallest absolute Gasteiger partial charge is 0.360 e. The lowest BCUT2D eigenvalue weighted by Crippen LogP contribution is -2.29. The van der Waals surface area contributed by atoms with Gasteiger partial charge in [0, 0.05) is 26.3 Å². The normalized spacial score (nSPS) is 13.2. The molecule has 0 amide bonds. The highest BCUT2D eigenvalue weighted by atomic mass is 32.1. The molecule has 0 saturated carbocycles. The minimum atomic E-state index is -4.21. The van der Waals surface area contributed by atoms with Gasteiger partial charge >= 0.3 is 11.9 Å². The predicted octanol–water partition coefficient (Wildman–Crippen LogP) is 3.24. The second kappa shape index (κ2) is 11.7. The molecule has 178 valence electrons. The summed E-state index contributed by atoms with van der Waals surface area (Å²) in [5.74, 6) is 0. The first kappa shape index (κ1) is 26.1. The number of aryl methyl sites for hydroxylation is 1. The van der Waals surface area contributed by atoms with E-state index in [4.69, 9.17) is 5.73 Å². The molecule has 1 aromatic carbocycles. The Kier molecular flexibility index (Phi) is 9.24. The molecule has 2 heterocycles. The van der Waals surface area contributed by atoms with E-state index in [0.29, 0.717) is 13.1 Å². The van der Waals surface area contributed by atoms with Crippen molar-refractivity contribution in [2.24, 2.45) is 12.8 Å². The van der Waals surface area contributed by atoms with Crippen LogP contribution in [0.4, 0.5) is 18.3 Å². The number of nitrogens with one attached hydrogen (secondary N) is 2. The van der Waals surface area contributed by atoms with Crippen LogP contribution in [0.5, 0.6) is 0 Å². The van der Waals surface area contributed by atoms with Gasteiger partial charge in [-0.15, -0.1) is 0 Å². The van der Waals surface area contributed by atoms with E-state index in [2.05, 4.69) is 15.3 Å². The van der Waals surface area contributed by atoms with Crippen molar-refractivity contribution in [3.8, 4) is 0 Å². The van der Waals surface area contributed by atoms with Crippen LogP contribution in [-0.4, -0.2) is 27.6 Å². The first-order valence-corrected chi connectivity index (χ1v) is 11.0. The van der Waals surface area contributed by atoms with E-state index in [1.807, 2.05) is 38.3 Å². The Morgan fingerprint density at radius 1 is 1.30 bits per heavy atom. The average molecular weight is 480 g/mol. The fraction of sp³-hybridized carbons (Fsp3) is 0.304. The van der Waals surface area contributed by atoms with Crippen molar-refractivity contribution in [3.05, 3.63) is 73.7 Å². The Hall–Kier alpha value is -3.11. The number of aromatic nitrogens is 3. The summed E-state index contributed by atoms with van der Waals surface area (Å²) in [7, 11) is 1.75. The van der Waals surface area contributed by atoms with Crippen molar-refractivity contribution in [3.63, 3.8) is 0 Å². The third-order valence-electron chi connectivity index (χ3n) is 4.65. The number of rotatable bonds is 5. The zero-order valence-corrected chi connectivity index (χ0v) is 19.8. The number of allylic oxidation sites excluding steroid dienone is 2. The van der Waals surface area contributed by atoms with Crippen molar-refractivity contribution in [2.75, 3.05) is 18.4 Å². The second-order valence-corrected chi connectivity index (χ2v) is 8.23. The van der Waals surface area contributed by atoms with E-state index < -0.39 is 11.7 Å². The van der Waals surface area contributed by atoms with Crippen molar-refractivity contribution < 1.29 is 13.2 Å². The maximum absolute atomic E-state index is 11.9. The zero-order valence-electron chi connectivity index (χ0n) is 19.0. The molecule has 2 aromatic heterocycles. The van der Waals surface area contributed by atoms with Gasteiger partial charge in [0.25, 0.3) is 0 Å². The predicted molar refractivity (Wildman–Crippen MR) is 129 cm³/mol. The van der Waals surface area contributed by atoms with E-state index in [0.717, 1.165) is 44.0 Å². The van der Waals surface area contributed by atoms with Gasteiger partial charge in [-0.2, -0.15) is 13.2 Å². The molecule has 0 unspecified atom stereocenters. The molecular formula is C23H28F3N5OS. The highest BCUT2D eigenvalue weighted by Gasteiger charge is 2.29. The standard InChI is InChI=1S/C15H21N5OS.C8H7F3/c1-4-12-11(19-15(21)20(12)3)6-5-10(2)13-9-18-14(22-13)17-8-7-16;1-6-2-4-7(5-3-6)8(9,10)11/h4-6,9H,7-8,16H2,1-3H3,(H,17,18)(H,19,21);2-5H,1H3/b10-5+,11-6+,12-4+;. The molecule has 3 aromatic rings. The molecule has 3 rings (SSSR count). The minimum Gasteiger partial charge on any atom is -0.360 e. The zero-order chi connectivity index (χ0) is 24.6. The number of thiazole rings is 1. The number of imidazole rings is 1. The molecular weight excluding hydrogens is 451 g/mol. The lowest BCUT2D eigenvalue weighted by atomic mass is 10.1. The van der Waals surface area contributed by atoms with E-state index in [1.54, 1.807) is 29.9 Å². The molecule has 6 nitrogen and oxygen atoms in total. The summed E-state index contributed by atoms with van der Waals surface area (Å²) in [5, 5.41) is 5.71. The molecule has 0 saturated heterocycles. The number of benzene rings is 1. The number of halogens is 3. The molecule has 0 fully saturated rings. The number of hydrogen-bond donors (Lipinski definition) is 3. The van der Waals surface area contributed by atoms with Crippen molar-refractivity contribution in [2.45, 2.75) is 26.9 Å². The van der Waals surface area contributed by atoms with Crippen LogP contribution in [-0.2, 0) is 13.2 Å². The van der Waals surface area contributed by atoms with Gasteiger partial charge in [-0.3, -0.25) is 4.57 Å². The first-order valence-electron chi connectivity index (χ1n) is 10.2. The Bertz CT molecular complexity index is 1250. The SMILES string of the molecule is C\C=c1/c(=C\C=C(/C)c2cnc(NCCN)s2)[nH]c(=O)n1C.Cc1ccc(C(F)(F)F)cc1. The fourth-order valence-corrected chi connectivity index (χ4v) is 3.60. The van der Waals surface area contributed by atoms with Crippen LogP contribution in [0.1, 0.15) is 29.9 Å². The maximum Gasteiger partial charge on any atom is 0.416 e. The molecule has 0 aliphatic heterocycles. The van der Waals surface area contributed by atoms with Crippen LogP contribution < -0.4 is 27.4 Å². The molecule has 0 radical (unpaired) electrons. The molecule has 0 atom stereocenters. The molecule has 0 aliphatic carbocycles. The van der Waals surface area contributed by atoms with Crippen LogP contribution in [0.15, 0.2) is 41.3 Å². The van der Waals surface area contributed by atoms with Crippen LogP contribution in [0, 0.1) is 6.92 Å². The number of hydrogen-bond acceptors (Lipinski definition) is 5. The Balaban J connectivity index is 0.000000294.